The number of rotatable bonds is 6. The SMILES string of the molecule is O=C(CNC(=O)c1ccc(Br)cc1)NC(CO)C(=O)O. The summed E-state index contributed by atoms with van der Waals surface area (Å²) in [5, 5.41) is 21.8. The fraction of sp³-hybridized carbons (Fsp3) is 0.250. The molecule has 7 nitrogen and oxygen atoms in total. The molecule has 0 radical (unpaired) electrons. The summed E-state index contributed by atoms with van der Waals surface area (Å²) in [7, 11) is 0. The zero-order chi connectivity index (χ0) is 15.1. The maximum Gasteiger partial charge on any atom is 0.328 e. The van der Waals surface area contributed by atoms with Crippen molar-refractivity contribution < 1.29 is 24.6 Å². The molecule has 1 rings (SSSR count). The molecule has 0 saturated heterocycles. The summed E-state index contributed by atoms with van der Waals surface area (Å²) in [5.41, 5.74) is 0.373. The van der Waals surface area contributed by atoms with Crippen molar-refractivity contribution in [3.8, 4) is 0 Å². The van der Waals surface area contributed by atoms with Crippen LogP contribution in [0.1, 0.15) is 10.4 Å². The number of hydrogen-bond acceptors (Lipinski definition) is 4. The van der Waals surface area contributed by atoms with Crippen molar-refractivity contribution in [3.63, 3.8) is 0 Å². The third kappa shape index (κ3) is 4.98. The van der Waals surface area contributed by atoms with Gasteiger partial charge in [0.2, 0.25) is 5.91 Å². The van der Waals surface area contributed by atoms with E-state index in [0.29, 0.717) is 5.56 Å². The number of carboxylic acids is 1. The van der Waals surface area contributed by atoms with Crippen molar-refractivity contribution in [1.29, 1.82) is 0 Å². The largest absolute Gasteiger partial charge is 0.480 e. The average Bonchev–Trinajstić information content (AvgIpc) is 2.42. The van der Waals surface area contributed by atoms with Crippen molar-refractivity contribution in [1.82, 2.24) is 10.6 Å². The molecule has 1 unspecified atom stereocenters. The number of carboxylic acid groups (broad SMARTS) is 1. The Morgan fingerprint density at radius 2 is 1.80 bits per heavy atom. The van der Waals surface area contributed by atoms with Crippen molar-refractivity contribution in [2.45, 2.75) is 6.04 Å². The summed E-state index contributed by atoms with van der Waals surface area (Å²) in [4.78, 5) is 33.7. The predicted molar refractivity (Wildman–Crippen MR) is 73.1 cm³/mol. The van der Waals surface area contributed by atoms with E-state index in [-0.39, 0.29) is 6.54 Å². The zero-order valence-corrected chi connectivity index (χ0v) is 11.9. The molecule has 0 spiro atoms. The maximum absolute atomic E-state index is 11.7. The fourth-order valence-electron chi connectivity index (χ4n) is 1.29. The lowest BCUT2D eigenvalue weighted by molar-refractivity contribution is -0.142. The summed E-state index contributed by atoms with van der Waals surface area (Å²) in [5.74, 6) is -2.50. The first-order valence-electron chi connectivity index (χ1n) is 5.61. The van der Waals surface area contributed by atoms with E-state index in [1.807, 2.05) is 0 Å². The summed E-state index contributed by atoms with van der Waals surface area (Å²) in [6, 6.07) is 5.13. The number of amides is 2. The summed E-state index contributed by atoms with van der Waals surface area (Å²) < 4.78 is 0.819. The minimum atomic E-state index is -1.38. The second kappa shape index (κ2) is 7.61. The first-order valence-corrected chi connectivity index (χ1v) is 6.40. The van der Waals surface area contributed by atoms with Crippen LogP contribution < -0.4 is 10.6 Å². The van der Waals surface area contributed by atoms with Gasteiger partial charge < -0.3 is 20.8 Å². The number of halogens is 1. The molecular weight excluding hydrogens is 332 g/mol. The van der Waals surface area contributed by atoms with Crippen LogP contribution in [-0.2, 0) is 9.59 Å². The lowest BCUT2D eigenvalue weighted by atomic mass is 10.2. The first kappa shape index (κ1) is 16.1. The van der Waals surface area contributed by atoms with Crippen LogP contribution in [0.4, 0.5) is 0 Å². The average molecular weight is 345 g/mol. The molecular formula is C12H13BrN2O5. The van der Waals surface area contributed by atoms with Crippen molar-refractivity contribution >= 4 is 33.7 Å². The Bertz CT molecular complexity index is 503. The molecule has 2 amide bonds. The van der Waals surface area contributed by atoms with Crippen LogP contribution in [0.2, 0.25) is 0 Å². The van der Waals surface area contributed by atoms with E-state index < -0.39 is 30.4 Å². The van der Waals surface area contributed by atoms with Gasteiger partial charge in [-0.25, -0.2) is 4.79 Å². The molecule has 108 valence electrons. The van der Waals surface area contributed by atoms with Crippen LogP contribution in [0.25, 0.3) is 0 Å². The Hall–Kier alpha value is -1.93. The number of carbonyl (C=O) groups is 3. The highest BCUT2D eigenvalue weighted by Crippen LogP contribution is 2.10. The minimum Gasteiger partial charge on any atom is -0.480 e. The van der Waals surface area contributed by atoms with Gasteiger partial charge in [0, 0.05) is 10.0 Å². The number of benzene rings is 1. The third-order valence-corrected chi connectivity index (χ3v) is 2.86. The molecule has 1 aromatic rings. The van der Waals surface area contributed by atoms with Gasteiger partial charge in [0.25, 0.3) is 5.91 Å². The lowest BCUT2D eigenvalue weighted by Gasteiger charge is -2.12. The van der Waals surface area contributed by atoms with Crippen LogP contribution in [-0.4, -0.2) is 47.2 Å². The third-order valence-electron chi connectivity index (χ3n) is 2.33. The second-order valence-corrected chi connectivity index (χ2v) is 4.75. The van der Waals surface area contributed by atoms with Gasteiger partial charge >= 0.3 is 5.97 Å². The van der Waals surface area contributed by atoms with E-state index in [9.17, 15) is 14.4 Å². The van der Waals surface area contributed by atoms with E-state index >= 15 is 0 Å². The van der Waals surface area contributed by atoms with Gasteiger partial charge in [-0.3, -0.25) is 9.59 Å². The van der Waals surface area contributed by atoms with E-state index in [4.69, 9.17) is 10.2 Å². The van der Waals surface area contributed by atoms with E-state index in [0.717, 1.165) is 4.47 Å². The first-order chi connectivity index (χ1) is 9.43. The zero-order valence-electron chi connectivity index (χ0n) is 10.3. The second-order valence-electron chi connectivity index (χ2n) is 3.83. The molecule has 0 aliphatic heterocycles. The molecule has 0 fully saturated rings. The van der Waals surface area contributed by atoms with Crippen LogP contribution in [0.3, 0.4) is 0 Å². The predicted octanol–water partition coefficient (Wildman–Crippen LogP) is -0.259. The number of nitrogens with one attached hydrogen (secondary N) is 2. The Balaban J connectivity index is 2.46. The van der Waals surface area contributed by atoms with Crippen LogP contribution in [0, 0.1) is 0 Å². The Kier molecular flexibility index (Phi) is 6.13. The van der Waals surface area contributed by atoms with Crippen LogP contribution >= 0.6 is 15.9 Å². The topological polar surface area (TPSA) is 116 Å². The number of aliphatic hydroxyl groups excluding tert-OH is 1. The minimum absolute atomic E-state index is 0.373. The van der Waals surface area contributed by atoms with Crippen molar-refractivity contribution in [2.75, 3.05) is 13.2 Å². The normalized spacial score (nSPS) is 11.5. The van der Waals surface area contributed by atoms with Gasteiger partial charge in [0.05, 0.1) is 13.2 Å². The summed E-state index contributed by atoms with van der Waals surface area (Å²) in [6.07, 6.45) is 0. The van der Waals surface area contributed by atoms with E-state index in [2.05, 4.69) is 26.6 Å². The van der Waals surface area contributed by atoms with Gasteiger partial charge in [-0.2, -0.15) is 0 Å². The Labute approximate surface area is 123 Å². The lowest BCUT2D eigenvalue weighted by Crippen LogP contribution is -2.47. The monoisotopic (exact) mass is 344 g/mol. The Morgan fingerprint density at radius 3 is 2.30 bits per heavy atom. The molecule has 0 aliphatic rings. The molecule has 4 N–H and O–H groups in total. The molecule has 0 aliphatic carbocycles. The highest BCUT2D eigenvalue weighted by atomic mass is 79.9. The molecule has 0 aromatic heterocycles. The number of aliphatic carboxylic acids is 1. The van der Waals surface area contributed by atoms with Crippen LogP contribution in [0.5, 0.6) is 0 Å². The fourth-order valence-corrected chi connectivity index (χ4v) is 1.56. The number of hydrogen-bond donors (Lipinski definition) is 4. The number of carbonyl (C=O) groups excluding carboxylic acids is 2. The van der Waals surface area contributed by atoms with Crippen LogP contribution in [0.15, 0.2) is 28.7 Å². The van der Waals surface area contributed by atoms with Crippen molar-refractivity contribution in [3.05, 3.63) is 34.3 Å². The highest BCUT2D eigenvalue weighted by molar-refractivity contribution is 9.10. The Morgan fingerprint density at radius 1 is 1.20 bits per heavy atom. The molecule has 1 aromatic carbocycles. The number of aliphatic hydroxyl groups is 1. The smallest absolute Gasteiger partial charge is 0.328 e. The van der Waals surface area contributed by atoms with Crippen molar-refractivity contribution in [2.24, 2.45) is 0 Å². The molecule has 1 atom stereocenters. The molecule has 20 heavy (non-hydrogen) atoms. The van der Waals surface area contributed by atoms with Gasteiger partial charge in [0.15, 0.2) is 0 Å². The molecule has 8 heteroatoms. The molecule has 0 bridgehead atoms. The van der Waals surface area contributed by atoms with Gasteiger partial charge in [-0.15, -0.1) is 0 Å². The quantitative estimate of drug-likeness (QED) is 0.567. The highest BCUT2D eigenvalue weighted by Gasteiger charge is 2.18. The molecule has 0 saturated carbocycles. The summed E-state index contributed by atoms with van der Waals surface area (Å²) in [6.45, 7) is -1.10. The maximum atomic E-state index is 11.7. The molecule has 0 heterocycles. The summed E-state index contributed by atoms with van der Waals surface area (Å²) >= 11 is 3.23. The van der Waals surface area contributed by atoms with Gasteiger partial charge in [-0.05, 0) is 24.3 Å². The van der Waals surface area contributed by atoms with Gasteiger partial charge in [-0.1, -0.05) is 15.9 Å². The standard InChI is InChI=1S/C12H13BrN2O5/c13-8-3-1-7(2-4-8)11(18)14-5-10(17)15-9(6-16)12(19)20/h1-4,9,16H,5-6H2,(H,14,18)(H,15,17)(H,19,20). The van der Waals surface area contributed by atoms with Gasteiger partial charge in [0.1, 0.15) is 6.04 Å². The van der Waals surface area contributed by atoms with E-state index in [1.54, 1.807) is 24.3 Å². The van der Waals surface area contributed by atoms with E-state index in [1.165, 1.54) is 0 Å².